The molecule has 34 heavy (non-hydrogen) atoms. The Bertz CT molecular complexity index is 1400. The first-order valence-corrected chi connectivity index (χ1v) is 13.1. The summed E-state index contributed by atoms with van der Waals surface area (Å²) in [6.45, 7) is 0. The summed E-state index contributed by atoms with van der Waals surface area (Å²) < 4.78 is 98.8. The highest BCUT2D eigenvalue weighted by Gasteiger charge is 2.36. The number of sulfonamides is 1. The van der Waals surface area contributed by atoms with E-state index in [0.29, 0.717) is 10.5 Å². The van der Waals surface area contributed by atoms with Gasteiger partial charge in [-0.05, 0) is 24.3 Å². The predicted octanol–water partition coefficient (Wildman–Crippen LogP) is 5.26. The first kappa shape index (κ1) is 28.4. The van der Waals surface area contributed by atoms with Crippen molar-refractivity contribution >= 4 is 72.1 Å². The van der Waals surface area contributed by atoms with E-state index in [2.05, 4.69) is 9.97 Å². The number of thiophene rings is 1. The van der Waals surface area contributed by atoms with Gasteiger partial charge in [0.15, 0.2) is 11.6 Å². The van der Waals surface area contributed by atoms with Crippen molar-refractivity contribution in [1.82, 2.24) is 9.97 Å². The summed E-state index contributed by atoms with van der Waals surface area (Å²) in [4.78, 5) is 5.80. The summed E-state index contributed by atoms with van der Waals surface area (Å²) in [6, 6.07) is 6.48. The van der Waals surface area contributed by atoms with Crippen LogP contribution in [0.15, 0.2) is 45.6 Å². The van der Waals surface area contributed by atoms with Gasteiger partial charge in [-0.2, -0.15) is 21.6 Å². The molecule has 18 heteroatoms. The first-order valence-electron chi connectivity index (χ1n) is 8.24. The highest BCUT2D eigenvalue weighted by molar-refractivity contribution is 7.92. The zero-order chi connectivity index (χ0) is 25.9. The Labute approximate surface area is 210 Å². The van der Waals surface area contributed by atoms with Crippen molar-refractivity contribution in [3.05, 3.63) is 56.7 Å². The van der Waals surface area contributed by atoms with E-state index in [1.165, 1.54) is 24.3 Å². The van der Waals surface area contributed by atoms with E-state index in [9.17, 15) is 30.0 Å². The number of nitrogens with zero attached hydrogens (tertiary/aromatic N) is 2. The van der Waals surface area contributed by atoms with E-state index in [1.54, 1.807) is 0 Å². The highest BCUT2D eigenvalue weighted by atomic mass is 35.5. The number of alkyl halides is 3. The van der Waals surface area contributed by atoms with Gasteiger partial charge in [0.1, 0.15) is 9.10 Å². The fraction of sp³-hybridized carbons (Fsp3) is 0.125. The minimum Gasteiger partial charge on any atom is -0.491 e. The molecule has 3 rings (SSSR count). The number of benzene rings is 1. The molecule has 9 nitrogen and oxygen atoms in total. The Kier molecular flexibility index (Phi) is 9.01. The summed E-state index contributed by atoms with van der Waals surface area (Å²) in [5.74, 6) is -2.52. The fourth-order valence-corrected chi connectivity index (χ4v) is 5.66. The maximum Gasteiger partial charge on any atom is 0.451 e. The number of rotatable bonds is 5. The molecule has 2 aromatic heterocycles. The second kappa shape index (κ2) is 10.8. The number of anilines is 1. The van der Waals surface area contributed by atoms with Gasteiger partial charge in [0.2, 0.25) is 5.82 Å². The van der Waals surface area contributed by atoms with Crippen LogP contribution in [0, 0.1) is 0 Å². The molecule has 0 radical (unpaired) electrons. The minimum atomic E-state index is -4.86. The van der Waals surface area contributed by atoms with Crippen LogP contribution in [-0.2, 0) is 26.3 Å². The van der Waals surface area contributed by atoms with Crippen LogP contribution in [0.5, 0.6) is 5.75 Å². The zero-order valence-electron chi connectivity index (χ0n) is 16.3. The van der Waals surface area contributed by atoms with E-state index in [0.717, 1.165) is 24.5 Å². The Morgan fingerprint density at radius 3 is 2.21 bits per heavy atom. The SMILES string of the molecule is COc1cnc(C(F)(F)F)nc1NS(=O)(=O)c1cccc(Cl)c1Cl.O=S(=O)(O)c1ccc(Cl)s1. The lowest BCUT2D eigenvalue weighted by Crippen LogP contribution is -2.18. The minimum absolute atomic E-state index is 0.0369. The van der Waals surface area contributed by atoms with Crippen LogP contribution in [0.1, 0.15) is 5.82 Å². The van der Waals surface area contributed by atoms with Crippen LogP contribution in [0.2, 0.25) is 14.4 Å². The van der Waals surface area contributed by atoms with Crippen molar-refractivity contribution in [2.45, 2.75) is 15.3 Å². The molecule has 2 heterocycles. The second-order valence-electron chi connectivity index (χ2n) is 5.80. The topological polar surface area (TPSA) is 136 Å². The molecule has 0 unspecified atom stereocenters. The van der Waals surface area contributed by atoms with Gasteiger partial charge in [0.05, 0.1) is 27.7 Å². The van der Waals surface area contributed by atoms with Crippen molar-refractivity contribution in [1.29, 1.82) is 0 Å². The molecule has 0 saturated carbocycles. The highest BCUT2D eigenvalue weighted by Crippen LogP contribution is 2.33. The largest absolute Gasteiger partial charge is 0.491 e. The van der Waals surface area contributed by atoms with Crippen molar-refractivity contribution in [3.8, 4) is 5.75 Å². The summed E-state index contributed by atoms with van der Waals surface area (Å²) in [7, 11) is -7.29. The molecule has 0 aliphatic rings. The number of nitrogens with one attached hydrogen (secondary N) is 1. The van der Waals surface area contributed by atoms with Gasteiger partial charge in [-0.1, -0.05) is 40.9 Å². The smallest absolute Gasteiger partial charge is 0.451 e. The van der Waals surface area contributed by atoms with Gasteiger partial charge >= 0.3 is 16.3 Å². The van der Waals surface area contributed by atoms with Gasteiger partial charge in [0.25, 0.3) is 10.0 Å². The number of hydrogen-bond acceptors (Lipinski definition) is 8. The molecule has 0 saturated heterocycles. The lowest BCUT2D eigenvalue weighted by Gasteiger charge is -2.13. The maximum atomic E-state index is 12.7. The van der Waals surface area contributed by atoms with Gasteiger partial charge < -0.3 is 4.74 Å². The van der Waals surface area contributed by atoms with Crippen LogP contribution >= 0.6 is 46.1 Å². The number of halogens is 6. The molecule has 0 spiro atoms. The van der Waals surface area contributed by atoms with E-state index >= 15 is 0 Å². The Morgan fingerprint density at radius 2 is 1.74 bits per heavy atom. The molecule has 0 atom stereocenters. The average molecular weight is 601 g/mol. The van der Waals surface area contributed by atoms with Crippen molar-refractivity contribution in [2.24, 2.45) is 0 Å². The molecule has 2 N–H and O–H groups in total. The van der Waals surface area contributed by atoms with E-state index in [4.69, 9.17) is 44.1 Å². The maximum absolute atomic E-state index is 12.7. The summed E-state index contributed by atoms with van der Waals surface area (Å²) in [6.07, 6.45) is -4.16. The molecule has 1 aromatic carbocycles. The molecular weight excluding hydrogens is 590 g/mol. The average Bonchev–Trinajstić information content (AvgIpc) is 3.16. The second-order valence-corrected chi connectivity index (χ2v) is 11.6. The summed E-state index contributed by atoms with van der Waals surface area (Å²) in [5.41, 5.74) is 0. The monoisotopic (exact) mass is 599 g/mol. The fourth-order valence-electron chi connectivity index (χ4n) is 2.04. The Morgan fingerprint density at radius 1 is 1.09 bits per heavy atom. The molecule has 3 aromatic rings. The third-order valence-electron chi connectivity index (χ3n) is 3.47. The quantitative estimate of drug-likeness (QED) is 0.379. The first-order chi connectivity index (χ1) is 15.6. The molecular formula is C16H11Cl3F3N3O6S3. The summed E-state index contributed by atoms with van der Waals surface area (Å²) >= 11 is 17.8. The van der Waals surface area contributed by atoms with Crippen LogP contribution in [-0.4, -0.2) is 38.5 Å². The number of methoxy groups -OCH3 is 1. The van der Waals surface area contributed by atoms with Crippen molar-refractivity contribution < 1.29 is 39.3 Å². The van der Waals surface area contributed by atoms with Crippen LogP contribution in [0.4, 0.5) is 19.0 Å². The third kappa shape index (κ3) is 7.31. The van der Waals surface area contributed by atoms with Gasteiger partial charge in [-0.25, -0.2) is 18.4 Å². The molecule has 0 bridgehead atoms. The number of ether oxygens (including phenoxy) is 1. The Balaban J connectivity index is 0.000000340. The molecule has 0 amide bonds. The summed E-state index contributed by atoms with van der Waals surface area (Å²) in [5, 5.41) is -0.319. The lowest BCUT2D eigenvalue weighted by molar-refractivity contribution is -0.144. The van der Waals surface area contributed by atoms with E-state index in [1.807, 2.05) is 4.72 Å². The Hall–Kier alpha value is -1.88. The lowest BCUT2D eigenvalue weighted by atomic mass is 10.4. The van der Waals surface area contributed by atoms with E-state index in [-0.39, 0.29) is 20.0 Å². The zero-order valence-corrected chi connectivity index (χ0v) is 21.1. The van der Waals surface area contributed by atoms with Crippen molar-refractivity contribution in [2.75, 3.05) is 11.8 Å². The number of aromatic nitrogens is 2. The standard InChI is InChI=1S/C12H8Cl2F3N3O3S.C4H3ClO3S2/c1-23-7-5-18-11(12(15,16)17)19-10(7)20-24(21,22)8-4-2-3-6(13)9(8)14;5-3-1-2-4(9-3)10(6,7)8/h2-5H,1H3,(H,18,19,20);1-2H,(H,6,7,8). The van der Waals surface area contributed by atoms with Gasteiger partial charge in [-0.15, -0.1) is 11.3 Å². The third-order valence-corrected chi connectivity index (χ3v) is 8.33. The molecule has 186 valence electrons. The van der Waals surface area contributed by atoms with Crippen LogP contribution < -0.4 is 9.46 Å². The van der Waals surface area contributed by atoms with E-state index < -0.39 is 42.9 Å². The predicted molar refractivity (Wildman–Crippen MR) is 120 cm³/mol. The number of hydrogen-bond donors (Lipinski definition) is 2. The van der Waals surface area contributed by atoms with Crippen LogP contribution in [0.3, 0.4) is 0 Å². The van der Waals surface area contributed by atoms with Crippen molar-refractivity contribution in [3.63, 3.8) is 0 Å². The molecule has 0 aliphatic heterocycles. The van der Waals surface area contributed by atoms with Gasteiger partial charge in [0, 0.05) is 0 Å². The molecule has 0 fully saturated rings. The van der Waals surface area contributed by atoms with Gasteiger partial charge in [-0.3, -0.25) is 9.27 Å². The van der Waals surface area contributed by atoms with Crippen LogP contribution in [0.25, 0.3) is 0 Å². The normalized spacial score (nSPS) is 12.0. The molecule has 0 aliphatic carbocycles.